The molecule has 0 amide bonds. The van der Waals surface area contributed by atoms with Crippen molar-refractivity contribution >= 4 is 21.6 Å². The first-order valence-corrected chi connectivity index (χ1v) is 7.45. The third kappa shape index (κ3) is 2.90. The fourth-order valence-electron chi connectivity index (χ4n) is 2.41. The van der Waals surface area contributed by atoms with Gasteiger partial charge in [0.05, 0.1) is 15.2 Å². The number of hydrogen-bond acceptors (Lipinski definition) is 3. The molecule has 0 radical (unpaired) electrons. The van der Waals surface area contributed by atoms with Gasteiger partial charge in [0, 0.05) is 12.5 Å². The molecule has 2 unspecified atom stereocenters. The van der Waals surface area contributed by atoms with Crippen LogP contribution in [0, 0.1) is 11.8 Å². The second-order valence-electron chi connectivity index (χ2n) is 5.26. The quantitative estimate of drug-likeness (QED) is 0.888. The third-order valence-corrected chi connectivity index (χ3v) is 4.76. The summed E-state index contributed by atoms with van der Waals surface area (Å²) in [7, 11) is 2.04. The molecule has 18 heavy (non-hydrogen) atoms. The van der Waals surface area contributed by atoms with Crippen LogP contribution in [0.3, 0.4) is 0 Å². The largest absolute Gasteiger partial charge is 0.317 e. The van der Waals surface area contributed by atoms with Gasteiger partial charge in [-0.05, 0) is 37.9 Å². The summed E-state index contributed by atoms with van der Waals surface area (Å²) in [6, 6.07) is 8.92. The Morgan fingerprint density at radius 3 is 2.56 bits per heavy atom. The van der Waals surface area contributed by atoms with Crippen LogP contribution in [0.2, 0.25) is 0 Å². The van der Waals surface area contributed by atoms with Crippen molar-refractivity contribution in [3.05, 3.63) is 29.3 Å². The van der Waals surface area contributed by atoms with Crippen molar-refractivity contribution in [3.63, 3.8) is 0 Å². The van der Waals surface area contributed by atoms with Crippen LogP contribution in [0.25, 0.3) is 10.2 Å². The van der Waals surface area contributed by atoms with Crippen molar-refractivity contribution in [2.24, 2.45) is 11.8 Å². The maximum atomic E-state index is 4.74. The molecular weight excluding hydrogens is 240 g/mol. The molecule has 0 fully saturated rings. The summed E-state index contributed by atoms with van der Waals surface area (Å²) in [6.45, 7) is 6.86. The maximum Gasteiger partial charge on any atom is 0.0942 e. The van der Waals surface area contributed by atoms with E-state index < -0.39 is 0 Å². The van der Waals surface area contributed by atoms with Crippen molar-refractivity contribution in [2.45, 2.75) is 33.2 Å². The summed E-state index contributed by atoms with van der Waals surface area (Å²) in [5, 5.41) is 4.64. The fourth-order valence-corrected chi connectivity index (χ4v) is 3.45. The van der Waals surface area contributed by atoms with E-state index in [1.165, 1.54) is 9.71 Å². The first kappa shape index (κ1) is 13.5. The van der Waals surface area contributed by atoms with Crippen LogP contribution in [0.1, 0.15) is 25.8 Å². The highest BCUT2D eigenvalue weighted by Gasteiger charge is 2.21. The first-order chi connectivity index (χ1) is 8.61. The Morgan fingerprint density at radius 2 is 1.94 bits per heavy atom. The lowest BCUT2D eigenvalue weighted by Crippen LogP contribution is -2.35. The summed E-state index contributed by atoms with van der Waals surface area (Å²) < 4.78 is 1.30. The van der Waals surface area contributed by atoms with Crippen molar-refractivity contribution in [3.8, 4) is 0 Å². The van der Waals surface area contributed by atoms with Gasteiger partial charge in [-0.3, -0.25) is 0 Å². The van der Waals surface area contributed by atoms with Gasteiger partial charge in [-0.2, -0.15) is 0 Å². The molecule has 0 saturated carbocycles. The number of aromatic nitrogens is 1. The molecule has 1 N–H and O–H groups in total. The zero-order valence-corrected chi connectivity index (χ0v) is 12.4. The standard InChI is InChI=1S/C15H22N2S/c1-10(2)12(11(3)16-4)9-15-17-13-7-5-6-8-14(13)18-15/h5-8,10-12,16H,9H2,1-4H3. The molecule has 1 aromatic heterocycles. The van der Waals surface area contributed by atoms with Gasteiger partial charge in [0.15, 0.2) is 0 Å². The summed E-state index contributed by atoms with van der Waals surface area (Å²) in [4.78, 5) is 4.74. The van der Waals surface area contributed by atoms with E-state index in [4.69, 9.17) is 4.98 Å². The lowest BCUT2D eigenvalue weighted by atomic mass is 9.87. The number of hydrogen-bond donors (Lipinski definition) is 1. The highest BCUT2D eigenvalue weighted by atomic mass is 32.1. The van der Waals surface area contributed by atoms with E-state index in [1.54, 1.807) is 0 Å². The van der Waals surface area contributed by atoms with E-state index in [0.717, 1.165) is 11.9 Å². The van der Waals surface area contributed by atoms with Crippen LogP contribution >= 0.6 is 11.3 Å². The lowest BCUT2D eigenvalue weighted by Gasteiger charge is -2.26. The van der Waals surface area contributed by atoms with Crippen LogP contribution in [0.4, 0.5) is 0 Å². The van der Waals surface area contributed by atoms with Gasteiger partial charge >= 0.3 is 0 Å². The Balaban J connectivity index is 2.20. The molecule has 0 aliphatic rings. The fraction of sp³-hybridized carbons (Fsp3) is 0.533. The lowest BCUT2D eigenvalue weighted by molar-refractivity contribution is 0.300. The van der Waals surface area contributed by atoms with Crippen molar-refractivity contribution in [2.75, 3.05) is 7.05 Å². The number of nitrogens with zero attached hydrogens (tertiary/aromatic N) is 1. The van der Waals surface area contributed by atoms with Crippen molar-refractivity contribution in [1.82, 2.24) is 10.3 Å². The molecule has 3 heteroatoms. The SMILES string of the molecule is CNC(C)C(Cc1nc2ccccc2s1)C(C)C. The molecule has 0 bridgehead atoms. The minimum absolute atomic E-state index is 0.525. The van der Waals surface area contributed by atoms with E-state index in [0.29, 0.717) is 17.9 Å². The number of fused-ring (bicyclic) bond motifs is 1. The smallest absolute Gasteiger partial charge is 0.0942 e. The predicted octanol–water partition coefficient (Wildman–Crippen LogP) is 3.72. The molecule has 2 atom stereocenters. The van der Waals surface area contributed by atoms with Gasteiger partial charge in [0.2, 0.25) is 0 Å². The average Bonchev–Trinajstić information content (AvgIpc) is 2.77. The van der Waals surface area contributed by atoms with Crippen molar-refractivity contribution in [1.29, 1.82) is 0 Å². The topological polar surface area (TPSA) is 24.9 Å². The normalized spacial score (nSPS) is 15.2. The van der Waals surface area contributed by atoms with E-state index >= 15 is 0 Å². The molecule has 2 nitrogen and oxygen atoms in total. The zero-order chi connectivity index (χ0) is 13.1. The Morgan fingerprint density at radius 1 is 1.22 bits per heavy atom. The summed E-state index contributed by atoms with van der Waals surface area (Å²) >= 11 is 1.83. The molecule has 0 spiro atoms. The van der Waals surface area contributed by atoms with Gasteiger partial charge in [-0.15, -0.1) is 11.3 Å². The number of benzene rings is 1. The number of nitrogens with one attached hydrogen (secondary N) is 1. The van der Waals surface area contributed by atoms with Gasteiger partial charge in [0.1, 0.15) is 0 Å². The number of para-hydroxylation sites is 1. The zero-order valence-electron chi connectivity index (χ0n) is 11.6. The molecule has 1 heterocycles. The van der Waals surface area contributed by atoms with Gasteiger partial charge in [-0.25, -0.2) is 4.98 Å². The van der Waals surface area contributed by atoms with Crippen LogP contribution in [-0.2, 0) is 6.42 Å². The maximum absolute atomic E-state index is 4.74. The Bertz CT molecular complexity index is 471. The summed E-state index contributed by atoms with van der Waals surface area (Å²) in [6.07, 6.45) is 1.07. The van der Waals surface area contributed by atoms with E-state index in [2.05, 4.69) is 50.4 Å². The molecule has 0 aliphatic heterocycles. The third-order valence-electron chi connectivity index (χ3n) is 3.70. The molecule has 98 valence electrons. The highest BCUT2D eigenvalue weighted by molar-refractivity contribution is 7.18. The summed E-state index contributed by atoms with van der Waals surface area (Å²) in [5.41, 5.74) is 1.14. The number of rotatable bonds is 5. The average molecular weight is 262 g/mol. The number of thiazole rings is 1. The van der Waals surface area contributed by atoms with Crippen LogP contribution in [0.5, 0.6) is 0 Å². The monoisotopic (exact) mass is 262 g/mol. The van der Waals surface area contributed by atoms with E-state index in [-0.39, 0.29) is 0 Å². The van der Waals surface area contributed by atoms with Crippen LogP contribution < -0.4 is 5.32 Å². The highest BCUT2D eigenvalue weighted by Crippen LogP contribution is 2.27. The van der Waals surface area contributed by atoms with Gasteiger partial charge in [0.25, 0.3) is 0 Å². The van der Waals surface area contributed by atoms with E-state index in [9.17, 15) is 0 Å². The second-order valence-corrected chi connectivity index (χ2v) is 6.38. The molecule has 1 aromatic carbocycles. The minimum atomic E-state index is 0.525. The predicted molar refractivity (Wildman–Crippen MR) is 80.2 cm³/mol. The molecule has 0 aliphatic carbocycles. The Hall–Kier alpha value is -0.930. The molecule has 2 aromatic rings. The molecular formula is C15H22N2S. The van der Waals surface area contributed by atoms with Gasteiger partial charge in [-0.1, -0.05) is 26.0 Å². The molecule has 0 saturated heterocycles. The van der Waals surface area contributed by atoms with Gasteiger partial charge < -0.3 is 5.32 Å². The second kappa shape index (κ2) is 5.81. The van der Waals surface area contributed by atoms with E-state index in [1.807, 2.05) is 18.4 Å². The van der Waals surface area contributed by atoms with Crippen molar-refractivity contribution < 1.29 is 0 Å². The Labute approximate surface area is 113 Å². The molecule has 2 rings (SSSR count). The summed E-state index contributed by atoms with van der Waals surface area (Å²) in [5.74, 6) is 1.30. The first-order valence-electron chi connectivity index (χ1n) is 6.63. The van der Waals surface area contributed by atoms with Crippen LogP contribution in [-0.4, -0.2) is 18.1 Å². The Kier molecular flexibility index (Phi) is 4.36. The minimum Gasteiger partial charge on any atom is -0.317 e. The van der Waals surface area contributed by atoms with Crippen LogP contribution in [0.15, 0.2) is 24.3 Å².